The van der Waals surface area contributed by atoms with E-state index in [0.717, 1.165) is 25.1 Å². The van der Waals surface area contributed by atoms with Crippen LogP contribution in [0.1, 0.15) is 23.5 Å². The summed E-state index contributed by atoms with van der Waals surface area (Å²) in [5.74, 6) is 0.596. The fourth-order valence-electron chi connectivity index (χ4n) is 2.84. The van der Waals surface area contributed by atoms with E-state index in [-0.39, 0.29) is 5.91 Å². The van der Waals surface area contributed by atoms with E-state index in [1.54, 1.807) is 0 Å². The van der Waals surface area contributed by atoms with Crippen molar-refractivity contribution in [1.82, 2.24) is 5.32 Å². The lowest BCUT2D eigenvalue weighted by Crippen LogP contribution is -2.27. The van der Waals surface area contributed by atoms with Crippen molar-refractivity contribution in [3.8, 4) is 0 Å². The van der Waals surface area contributed by atoms with Crippen LogP contribution in [0.2, 0.25) is 0 Å². The second-order valence-electron chi connectivity index (χ2n) is 5.47. The molecule has 108 valence electrons. The Bertz CT molecular complexity index is 610. The fourth-order valence-corrected chi connectivity index (χ4v) is 2.84. The summed E-state index contributed by atoms with van der Waals surface area (Å²) in [7, 11) is 0. The number of carbonyl (C=O) groups excluding carboxylic acids is 1. The summed E-state index contributed by atoms with van der Waals surface area (Å²) >= 11 is 0. The summed E-state index contributed by atoms with van der Waals surface area (Å²) in [5, 5.41) is 6.44. The molecule has 1 aliphatic rings. The summed E-state index contributed by atoms with van der Waals surface area (Å²) in [5.41, 5.74) is 3.66. The lowest BCUT2D eigenvalue weighted by atomic mass is 9.98. The zero-order valence-electron chi connectivity index (χ0n) is 12.0. The van der Waals surface area contributed by atoms with Gasteiger partial charge in [0.1, 0.15) is 0 Å². The lowest BCUT2D eigenvalue weighted by Gasteiger charge is -2.11. The molecule has 3 heteroatoms. The minimum Gasteiger partial charge on any atom is -0.384 e. The van der Waals surface area contributed by atoms with Crippen molar-refractivity contribution in [3.63, 3.8) is 0 Å². The Balaban J connectivity index is 1.46. The first-order valence-electron chi connectivity index (χ1n) is 7.46. The first-order chi connectivity index (χ1) is 10.3. The van der Waals surface area contributed by atoms with Gasteiger partial charge in [0.25, 0.3) is 0 Å². The van der Waals surface area contributed by atoms with Crippen molar-refractivity contribution < 1.29 is 4.79 Å². The molecule has 1 atom stereocenters. The van der Waals surface area contributed by atoms with E-state index in [9.17, 15) is 4.79 Å². The summed E-state index contributed by atoms with van der Waals surface area (Å²) < 4.78 is 0. The van der Waals surface area contributed by atoms with Gasteiger partial charge in [0.2, 0.25) is 5.91 Å². The van der Waals surface area contributed by atoms with E-state index in [1.165, 1.54) is 11.3 Å². The second kappa shape index (κ2) is 6.44. The molecule has 3 nitrogen and oxygen atoms in total. The average Bonchev–Trinajstić information content (AvgIpc) is 2.92. The zero-order valence-corrected chi connectivity index (χ0v) is 12.0. The molecule has 1 amide bonds. The molecule has 0 bridgehead atoms. The van der Waals surface area contributed by atoms with E-state index in [1.807, 2.05) is 30.3 Å². The monoisotopic (exact) mass is 280 g/mol. The smallest absolute Gasteiger partial charge is 0.224 e. The molecule has 0 radical (unpaired) electrons. The summed E-state index contributed by atoms with van der Waals surface area (Å²) in [6.45, 7) is 1.69. The topological polar surface area (TPSA) is 41.1 Å². The van der Waals surface area contributed by atoms with Crippen LogP contribution in [0.4, 0.5) is 5.69 Å². The highest BCUT2D eigenvalue weighted by atomic mass is 16.1. The molecule has 1 unspecified atom stereocenters. The number of anilines is 1. The van der Waals surface area contributed by atoms with Crippen LogP contribution >= 0.6 is 0 Å². The number of para-hydroxylation sites is 1. The van der Waals surface area contributed by atoms with Gasteiger partial charge in [0.15, 0.2) is 0 Å². The average molecular weight is 280 g/mol. The van der Waals surface area contributed by atoms with Gasteiger partial charge in [-0.05, 0) is 23.6 Å². The van der Waals surface area contributed by atoms with Crippen LogP contribution in [0.5, 0.6) is 0 Å². The number of amides is 1. The SMILES string of the molecule is O=C(Cc1ccccc1)NCCC1CNc2ccccc21. The molecule has 21 heavy (non-hydrogen) atoms. The molecule has 0 spiro atoms. The third kappa shape index (κ3) is 3.43. The highest BCUT2D eigenvalue weighted by Gasteiger charge is 2.20. The molecule has 2 aromatic rings. The van der Waals surface area contributed by atoms with Gasteiger partial charge in [-0.1, -0.05) is 48.5 Å². The standard InChI is InChI=1S/C18H20N2O/c21-18(12-14-6-2-1-3-7-14)19-11-10-15-13-20-17-9-5-4-8-16(15)17/h1-9,15,20H,10-13H2,(H,19,21). The Kier molecular flexibility index (Phi) is 4.20. The minimum absolute atomic E-state index is 0.0976. The summed E-state index contributed by atoms with van der Waals surface area (Å²) in [4.78, 5) is 11.9. The Morgan fingerprint density at radius 2 is 1.86 bits per heavy atom. The van der Waals surface area contributed by atoms with Crippen molar-refractivity contribution in [1.29, 1.82) is 0 Å². The quantitative estimate of drug-likeness (QED) is 0.884. The number of rotatable bonds is 5. The number of carbonyl (C=O) groups is 1. The molecule has 0 saturated heterocycles. The van der Waals surface area contributed by atoms with Gasteiger partial charge >= 0.3 is 0 Å². The van der Waals surface area contributed by atoms with Crippen LogP contribution in [0.3, 0.4) is 0 Å². The molecular formula is C18H20N2O. The normalized spacial score (nSPS) is 16.1. The first kappa shape index (κ1) is 13.7. The van der Waals surface area contributed by atoms with Crippen molar-refractivity contribution in [2.75, 3.05) is 18.4 Å². The Labute approximate surface area is 125 Å². The molecule has 0 aliphatic carbocycles. The maximum absolute atomic E-state index is 11.9. The van der Waals surface area contributed by atoms with Crippen LogP contribution in [-0.4, -0.2) is 19.0 Å². The maximum Gasteiger partial charge on any atom is 0.224 e. The van der Waals surface area contributed by atoms with E-state index in [4.69, 9.17) is 0 Å². The van der Waals surface area contributed by atoms with Gasteiger partial charge in [0, 0.05) is 24.7 Å². The van der Waals surface area contributed by atoms with Gasteiger partial charge in [0.05, 0.1) is 6.42 Å². The number of fused-ring (bicyclic) bond motifs is 1. The predicted molar refractivity (Wildman–Crippen MR) is 85.4 cm³/mol. The number of hydrogen-bond donors (Lipinski definition) is 2. The Morgan fingerprint density at radius 3 is 2.71 bits per heavy atom. The van der Waals surface area contributed by atoms with Crippen molar-refractivity contribution in [2.24, 2.45) is 0 Å². The van der Waals surface area contributed by atoms with Crippen LogP contribution in [-0.2, 0) is 11.2 Å². The highest BCUT2D eigenvalue weighted by molar-refractivity contribution is 5.78. The van der Waals surface area contributed by atoms with E-state index >= 15 is 0 Å². The lowest BCUT2D eigenvalue weighted by molar-refractivity contribution is -0.120. The molecule has 1 aliphatic heterocycles. The Morgan fingerprint density at radius 1 is 1.10 bits per heavy atom. The van der Waals surface area contributed by atoms with Crippen LogP contribution in [0, 0.1) is 0 Å². The van der Waals surface area contributed by atoms with E-state index in [0.29, 0.717) is 12.3 Å². The highest BCUT2D eigenvalue weighted by Crippen LogP contribution is 2.32. The summed E-state index contributed by atoms with van der Waals surface area (Å²) in [6, 6.07) is 18.3. The predicted octanol–water partition coefficient (Wildman–Crippen LogP) is 2.94. The van der Waals surface area contributed by atoms with Crippen molar-refractivity contribution in [2.45, 2.75) is 18.8 Å². The maximum atomic E-state index is 11.9. The minimum atomic E-state index is 0.0976. The molecule has 0 saturated carbocycles. The van der Waals surface area contributed by atoms with E-state index < -0.39 is 0 Å². The van der Waals surface area contributed by atoms with Crippen LogP contribution in [0.25, 0.3) is 0 Å². The zero-order chi connectivity index (χ0) is 14.5. The molecule has 0 aromatic heterocycles. The van der Waals surface area contributed by atoms with Gasteiger partial charge in [-0.2, -0.15) is 0 Å². The second-order valence-corrected chi connectivity index (χ2v) is 5.47. The molecule has 3 rings (SSSR count). The third-order valence-corrected chi connectivity index (χ3v) is 3.96. The van der Waals surface area contributed by atoms with Crippen LogP contribution in [0.15, 0.2) is 54.6 Å². The van der Waals surface area contributed by atoms with Crippen molar-refractivity contribution in [3.05, 3.63) is 65.7 Å². The third-order valence-electron chi connectivity index (χ3n) is 3.96. The molecule has 1 heterocycles. The van der Waals surface area contributed by atoms with Gasteiger partial charge in [-0.15, -0.1) is 0 Å². The van der Waals surface area contributed by atoms with Gasteiger partial charge < -0.3 is 10.6 Å². The van der Waals surface area contributed by atoms with Gasteiger partial charge in [-0.25, -0.2) is 0 Å². The number of hydrogen-bond acceptors (Lipinski definition) is 2. The molecule has 2 N–H and O–H groups in total. The Hall–Kier alpha value is -2.29. The molecular weight excluding hydrogens is 260 g/mol. The summed E-state index contributed by atoms with van der Waals surface area (Å²) in [6.07, 6.45) is 1.44. The number of nitrogens with one attached hydrogen (secondary N) is 2. The fraction of sp³-hybridized carbons (Fsp3) is 0.278. The van der Waals surface area contributed by atoms with Crippen molar-refractivity contribution >= 4 is 11.6 Å². The number of benzene rings is 2. The molecule has 2 aromatic carbocycles. The largest absolute Gasteiger partial charge is 0.384 e. The van der Waals surface area contributed by atoms with E-state index in [2.05, 4.69) is 34.9 Å². The van der Waals surface area contributed by atoms with Crippen LogP contribution < -0.4 is 10.6 Å². The first-order valence-corrected chi connectivity index (χ1v) is 7.46. The molecule has 0 fully saturated rings. The van der Waals surface area contributed by atoms with Gasteiger partial charge in [-0.3, -0.25) is 4.79 Å².